The van der Waals surface area contributed by atoms with Crippen molar-refractivity contribution in [1.82, 2.24) is 9.97 Å². The molecule has 0 bridgehead atoms. The second kappa shape index (κ2) is 3.83. The van der Waals surface area contributed by atoms with Gasteiger partial charge < -0.3 is 0 Å². The predicted molar refractivity (Wildman–Crippen MR) is 66.8 cm³/mol. The third-order valence-electron chi connectivity index (χ3n) is 3.59. The molecule has 2 heteroatoms. The Morgan fingerprint density at radius 3 is 2.50 bits per heavy atom. The van der Waals surface area contributed by atoms with Crippen molar-refractivity contribution in [1.29, 1.82) is 0 Å². The maximum Gasteiger partial charge on any atom is 0.128 e. The molecule has 16 heavy (non-hydrogen) atoms. The standard InChI is InChI=1S/C14H22N2/c1-6-11-15-12(9(2)3)10-7-8-14(4,5)13(10)16-11/h9H,6-8H2,1-5H3. The smallest absolute Gasteiger partial charge is 0.128 e. The van der Waals surface area contributed by atoms with Crippen molar-refractivity contribution in [2.45, 2.75) is 65.2 Å². The molecule has 0 saturated carbocycles. The second-order valence-corrected chi connectivity index (χ2v) is 5.74. The second-order valence-electron chi connectivity index (χ2n) is 5.74. The number of aryl methyl sites for hydroxylation is 1. The van der Waals surface area contributed by atoms with Crippen LogP contribution in [0.5, 0.6) is 0 Å². The van der Waals surface area contributed by atoms with Gasteiger partial charge in [0, 0.05) is 11.8 Å². The van der Waals surface area contributed by atoms with Gasteiger partial charge in [0.2, 0.25) is 0 Å². The van der Waals surface area contributed by atoms with Crippen LogP contribution in [0.15, 0.2) is 0 Å². The molecule has 0 fully saturated rings. The highest BCUT2D eigenvalue weighted by Crippen LogP contribution is 2.39. The van der Waals surface area contributed by atoms with E-state index in [9.17, 15) is 0 Å². The van der Waals surface area contributed by atoms with Gasteiger partial charge in [-0.1, -0.05) is 34.6 Å². The summed E-state index contributed by atoms with van der Waals surface area (Å²) in [5, 5.41) is 0. The normalized spacial score (nSPS) is 17.9. The summed E-state index contributed by atoms with van der Waals surface area (Å²) < 4.78 is 0. The molecule has 1 aliphatic carbocycles. The van der Waals surface area contributed by atoms with Crippen molar-refractivity contribution in [2.75, 3.05) is 0 Å². The molecular formula is C14H22N2. The number of fused-ring (bicyclic) bond motifs is 1. The maximum absolute atomic E-state index is 4.76. The average Bonchev–Trinajstić information content (AvgIpc) is 2.53. The highest BCUT2D eigenvalue weighted by atomic mass is 14.9. The minimum absolute atomic E-state index is 0.242. The van der Waals surface area contributed by atoms with Crippen LogP contribution >= 0.6 is 0 Å². The molecule has 0 spiro atoms. The van der Waals surface area contributed by atoms with E-state index in [4.69, 9.17) is 9.97 Å². The van der Waals surface area contributed by atoms with Crippen LogP contribution in [-0.4, -0.2) is 9.97 Å². The summed E-state index contributed by atoms with van der Waals surface area (Å²) in [6, 6.07) is 0. The summed E-state index contributed by atoms with van der Waals surface area (Å²) in [5.74, 6) is 1.52. The Bertz CT molecular complexity index is 405. The molecule has 0 amide bonds. The van der Waals surface area contributed by atoms with E-state index in [1.165, 1.54) is 23.4 Å². The van der Waals surface area contributed by atoms with Crippen LogP contribution in [0.2, 0.25) is 0 Å². The molecule has 0 saturated heterocycles. The maximum atomic E-state index is 4.76. The lowest BCUT2D eigenvalue weighted by Gasteiger charge is -2.19. The molecule has 0 aromatic carbocycles. The molecule has 2 rings (SSSR count). The molecule has 1 aromatic heterocycles. The Kier molecular flexibility index (Phi) is 2.77. The summed E-state index contributed by atoms with van der Waals surface area (Å²) in [5.41, 5.74) is 4.26. The Labute approximate surface area is 98.5 Å². The van der Waals surface area contributed by atoms with Crippen LogP contribution in [0.25, 0.3) is 0 Å². The third kappa shape index (κ3) is 1.74. The van der Waals surface area contributed by atoms with E-state index in [0.29, 0.717) is 5.92 Å². The van der Waals surface area contributed by atoms with E-state index < -0.39 is 0 Å². The molecular weight excluding hydrogens is 196 g/mol. The first kappa shape index (κ1) is 11.6. The van der Waals surface area contributed by atoms with E-state index >= 15 is 0 Å². The molecule has 1 aromatic rings. The summed E-state index contributed by atoms with van der Waals surface area (Å²) in [4.78, 5) is 9.47. The van der Waals surface area contributed by atoms with Crippen LogP contribution in [0.4, 0.5) is 0 Å². The monoisotopic (exact) mass is 218 g/mol. The fourth-order valence-electron chi connectivity index (χ4n) is 2.55. The first-order valence-corrected chi connectivity index (χ1v) is 6.36. The van der Waals surface area contributed by atoms with Gasteiger partial charge in [-0.3, -0.25) is 0 Å². The van der Waals surface area contributed by atoms with Gasteiger partial charge in [-0.15, -0.1) is 0 Å². The Hall–Kier alpha value is -0.920. The van der Waals surface area contributed by atoms with Gasteiger partial charge in [-0.25, -0.2) is 9.97 Å². The quantitative estimate of drug-likeness (QED) is 0.760. The molecule has 1 heterocycles. The molecule has 0 atom stereocenters. The van der Waals surface area contributed by atoms with E-state index in [-0.39, 0.29) is 5.41 Å². The van der Waals surface area contributed by atoms with Gasteiger partial charge in [0.1, 0.15) is 5.82 Å². The van der Waals surface area contributed by atoms with Crippen LogP contribution in [-0.2, 0) is 18.3 Å². The molecule has 2 nitrogen and oxygen atoms in total. The fraction of sp³-hybridized carbons (Fsp3) is 0.714. The molecule has 1 aliphatic rings. The van der Waals surface area contributed by atoms with Crippen molar-refractivity contribution in [3.8, 4) is 0 Å². The zero-order chi connectivity index (χ0) is 11.9. The van der Waals surface area contributed by atoms with Gasteiger partial charge in [0.05, 0.1) is 11.4 Å². The van der Waals surface area contributed by atoms with E-state index in [0.717, 1.165) is 18.7 Å². The lowest BCUT2D eigenvalue weighted by molar-refractivity contribution is 0.507. The molecule has 0 radical (unpaired) electrons. The third-order valence-corrected chi connectivity index (χ3v) is 3.59. The highest BCUT2D eigenvalue weighted by molar-refractivity contribution is 5.37. The summed E-state index contributed by atoms with van der Waals surface area (Å²) >= 11 is 0. The number of nitrogens with zero attached hydrogens (tertiary/aromatic N) is 2. The zero-order valence-corrected chi connectivity index (χ0v) is 11.1. The van der Waals surface area contributed by atoms with Gasteiger partial charge in [-0.05, 0) is 24.3 Å². The minimum Gasteiger partial charge on any atom is -0.237 e. The largest absolute Gasteiger partial charge is 0.237 e. The van der Waals surface area contributed by atoms with Crippen molar-refractivity contribution < 1.29 is 0 Å². The van der Waals surface area contributed by atoms with Gasteiger partial charge in [0.25, 0.3) is 0 Å². The van der Waals surface area contributed by atoms with E-state index in [1.54, 1.807) is 0 Å². The molecule has 0 unspecified atom stereocenters. The lowest BCUT2D eigenvalue weighted by Crippen LogP contribution is -2.16. The number of hydrogen-bond acceptors (Lipinski definition) is 2. The number of rotatable bonds is 2. The average molecular weight is 218 g/mol. The molecule has 0 aliphatic heterocycles. The van der Waals surface area contributed by atoms with Crippen LogP contribution < -0.4 is 0 Å². The molecule has 88 valence electrons. The van der Waals surface area contributed by atoms with Crippen molar-refractivity contribution >= 4 is 0 Å². The first-order valence-electron chi connectivity index (χ1n) is 6.36. The van der Waals surface area contributed by atoms with Gasteiger partial charge in [0.15, 0.2) is 0 Å². The minimum atomic E-state index is 0.242. The van der Waals surface area contributed by atoms with Crippen molar-refractivity contribution in [2.24, 2.45) is 0 Å². The summed E-state index contributed by atoms with van der Waals surface area (Å²) in [6.07, 6.45) is 3.30. The van der Waals surface area contributed by atoms with Crippen LogP contribution in [0.1, 0.15) is 69.7 Å². The number of aromatic nitrogens is 2. The SMILES string of the molecule is CCc1nc(C(C)C)c2c(n1)C(C)(C)CC2. The summed E-state index contributed by atoms with van der Waals surface area (Å²) in [7, 11) is 0. The van der Waals surface area contributed by atoms with E-state index in [1.807, 2.05) is 0 Å². The number of hydrogen-bond donors (Lipinski definition) is 0. The highest BCUT2D eigenvalue weighted by Gasteiger charge is 2.34. The Morgan fingerprint density at radius 2 is 1.94 bits per heavy atom. The van der Waals surface area contributed by atoms with Crippen LogP contribution in [0.3, 0.4) is 0 Å². The predicted octanol–water partition coefficient (Wildman–Crippen LogP) is 3.39. The Morgan fingerprint density at radius 1 is 1.25 bits per heavy atom. The van der Waals surface area contributed by atoms with Gasteiger partial charge >= 0.3 is 0 Å². The van der Waals surface area contributed by atoms with Gasteiger partial charge in [-0.2, -0.15) is 0 Å². The lowest BCUT2D eigenvalue weighted by atomic mass is 9.90. The van der Waals surface area contributed by atoms with Crippen LogP contribution in [0, 0.1) is 0 Å². The topological polar surface area (TPSA) is 25.8 Å². The fourth-order valence-corrected chi connectivity index (χ4v) is 2.55. The zero-order valence-electron chi connectivity index (χ0n) is 11.1. The van der Waals surface area contributed by atoms with Crippen molar-refractivity contribution in [3.05, 3.63) is 22.8 Å². The Balaban J connectivity index is 2.61. The molecule has 0 N–H and O–H groups in total. The van der Waals surface area contributed by atoms with Crippen molar-refractivity contribution in [3.63, 3.8) is 0 Å². The summed E-state index contributed by atoms with van der Waals surface area (Å²) in [6.45, 7) is 11.2. The first-order chi connectivity index (χ1) is 7.45. The van der Waals surface area contributed by atoms with E-state index in [2.05, 4.69) is 34.6 Å².